The maximum absolute atomic E-state index is 13.8. The van der Waals surface area contributed by atoms with Crippen molar-refractivity contribution in [2.45, 2.75) is 76.6 Å². The minimum atomic E-state index is -3.95. The standard InChI is InChI=1S/C36H51ClN2O6S/c1-25-9-8-16-36(44-5,18-20-40)31-13-11-28(31)23-39-19-7-6-10-29-22-30(37)15-17-35(29,3)24-45-33-14-12-27(21-32(33)39)34(41)38(4)46(42,43)26(25)2/h8,12,14-17,21-22,25-26,28-29,31,40H,6-7,9-11,13,18-20,23-24H2,1-5H3/b16-8+/t25-,26+,28-,29?,31+,35?,36-/m0/s1. The summed E-state index contributed by atoms with van der Waals surface area (Å²) >= 11 is 6.44. The highest BCUT2D eigenvalue weighted by molar-refractivity contribution is 7.90. The van der Waals surface area contributed by atoms with E-state index in [4.69, 9.17) is 21.1 Å². The first-order chi connectivity index (χ1) is 21.8. The molecule has 46 heavy (non-hydrogen) atoms. The van der Waals surface area contributed by atoms with Crippen LogP contribution in [0.15, 0.2) is 53.6 Å². The molecule has 0 aromatic heterocycles. The van der Waals surface area contributed by atoms with Gasteiger partial charge < -0.3 is 19.5 Å². The molecule has 1 saturated carbocycles. The number of nitrogens with zero attached hydrogens (tertiary/aromatic N) is 2. The lowest BCUT2D eigenvalue weighted by Crippen LogP contribution is -2.51. The van der Waals surface area contributed by atoms with Crippen LogP contribution in [0.25, 0.3) is 0 Å². The molecular formula is C36H51ClN2O6S. The summed E-state index contributed by atoms with van der Waals surface area (Å²) in [5.41, 5.74) is 0.212. The van der Waals surface area contributed by atoms with E-state index in [0.29, 0.717) is 36.7 Å². The Hall–Kier alpha value is -2.33. The van der Waals surface area contributed by atoms with Crippen LogP contribution in [-0.4, -0.2) is 75.0 Å². The lowest BCUT2D eigenvalue weighted by molar-refractivity contribution is -0.0863. The third-order valence-electron chi connectivity index (χ3n) is 11.3. The summed E-state index contributed by atoms with van der Waals surface area (Å²) in [4.78, 5) is 16.2. The Morgan fingerprint density at radius 2 is 1.93 bits per heavy atom. The number of carbonyl (C=O) groups excluding carboxylic acids is 1. The van der Waals surface area contributed by atoms with Gasteiger partial charge in [0.2, 0.25) is 10.0 Å². The van der Waals surface area contributed by atoms with E-state index in [-0.39, 0.29) is 29.8 Å². The summed E-state index contributed by atoms with van der Waals surface area (Å²) in [6.45, 7) is 7.68. The van der Waals surface area contributed by atoms with E-state index in [0.717, 1.165) is 60.2 Å². The number of hydrogen-bond donors (Lipinski definition) is 1. The van der Waals surface area contributed by atoms with Crippen molar-refractivity contribution in [2.75, 3.05) is 45.4 Å². The first kappa shape index (κ1) is 35.0. The average Bonchev–Trinajstić information content (AvgIpc) is 3.04. The number of benzene rings is 1. The van der Waals surface area contributed by atoms with Crippen LogP contribution in [-0.2, 0) is 14.8 Å². The Morgan fingerprint density at radius 3 is 2.63 bits per heavy atom. The molecule has 1 N–H and O–H groups in total. The van der Waals surface area contributed by atoms with Gasteiger partial charge in [0.25, 0.3) is 5.91 Å². The van der Waals surface area contributed by atoms with Crippen molar-refractivity contribution in [3.05, 3.63) is 59.2 Å². The molecule has 7 atom stereocenters. The van der Waals surface area contributed by atoms with E-state index in [1.165, 1.54) is 7.05 Å². The molecule has 0 saturated heterocycles. The number of aliphatic hydroxyl groups excluding tert-OH is 1. The molecule has 5 rings (SSSR count). The molecular weight excluding hydrogens is 624 g/mol. The molecule has 1 amide bonds. The zero-order chi connectivity index (χ0) is 33.3. The molecule has 254 valence electrons. The van der Waals surface area contributed by atoms with E-state index in [1.54, 1.807) is 20.1 Å². The molecule has 2 bridgehead atoms. The number of anilines is 1. The molecule has 2 aliphatic carbocycles. The first-order valence-electron chi connectivity index (χ1n) is 16.8. The Morgan fingerprint density at radius 1 is 1.15 bits per heavy atom. The number of aliphatic hydroxyl groups is 1. The number of methoxy groups -OCH3 is 1. The van der Waals surface area contributed by atoms with Crippen LogP contribution in [0.1, 0.15) is 76.1 Å². The molecule has 10 heteroatoms. The zero-order valence-corrected chi connectivity index (χ0v) is 29.5. The van der Waals surface area contributed by atoms with Gasteiger partial charge in [0.05, 0.1) is 23.1 Å². The molecule has 0 spiro atoms. The number of sulfonamides is 1. The van der Waals surface area contributed by atoms with Crippen LogP contribution in [0.4, 0.5) is 5.69 Å². The van der Waals surface area contributed by atoms with E-state index >= 15 is 0 Å². The van der Waals surface area contributed by atoms with Crippen molar-refractivity contribution in [1.29, 1.82) is 0 Å². The maximum Gasteiger partial charge on any atom is 0.267 e. The second-order valence-corrected chi connectivity index (χ2v) is 16.9. The molecule has 2 heterocycles. The normalized spacial score (nSPS) is 35.8. The van der Waals surface area contributed by atoms with Gasteiger partial charge in [-0.15, -0.1) is 0 Å². The zero-order valence-electron chi connectivity index (χ0n) is 28.0. The van der Waals surface area contributed by atoms with Crippen molar-refractivity contribution >= 4 is 33.2 Å². The largest absolute Gasteiger partial charge is 0.490 e. The highest BCUT2D eigenvalue weighted by atomic mass is 35.5. The van der Waals surface area contributed by atoms with Crippen LogP contribution in [0.2, 0.25) is 0 Å². The van der Waals surface area contributed by atoms with Gasteiger partial charge in [-0.25, -0.2) is 12.7 Å². The fourth-order valence-corrected chi connectivity index (χ4v) is 9.50. The van der Waals surface area contributed by atoms with Crippen molar-refractivity contribution in [2.24, 2.45) is 29.1 Å². The Bertz CT molecular complexity index is 1480. The second-order valence-electron chi connectivity index (χ2n) is 14.1. The number of halogens is 1. The molecule has 1 fully saturated rings. The minimum absolute atomic E-state index is 0.00870. The molecule has 2 aliphatic heterocycles. The first-order valence-corrected chi connectivity index (χ1v) is 18.7. The predicted molar refractivity (Wildman–Crippen MR) is 184 cm³/mol. The Kier molecular flexibility index (Phi) is 10.7. The number of amides is 1. The number of ether oxygens (including phenoxy) is 2. The maximum atomic E-state index is 13.8. The smallest absolute Gasteiger partial charge is 0.267 e. The van der Waals surface area contributed by atoms with Crippen molar-refractivity contribution < 1.29 is 27.8 Å². The summed E-state index contributed by atoms with van der Waals surface area (Å²) in [6.07, 6.45) is 16.2. The summed E-state index contributed by atoms with van der Waals surface area (Å²) < 4.78 is 41.2. The summed E-state index contributed by atoms with van der Waals surface area (Å²) in [6, 6.07) is 5.32. The number of allylic oxidation sites excluding steroid dienone is 4. The number of carbonyl (C=O) groups is 1. The number of hydrogen-bond acceptors (Lipinski definition) is 7. The summed E-state index contributed by atoms with van der Waals surface area (Å²) in [7, 11) is -0.879. The number of fused-ring (bicyclic) bond motifs is 3. The molecule has 8 nitrogen and oxygen atoms in total. The van der Waals surface area contributed by atoms with Gasteiger partial charge in [-0.1, -0.05) is 56.2 Å². The Balaban J connectivity index is 1.60. The third kappa shape index (κ3) is 6.80. The Labute approximate surface area is 280 Å². The van der Waals surface area contributed by atoms with Gasteiger partial charge in [-0.3, -0.25) is 4.79 Å². The predicted octanol–water partition coefficient (Wildman–Crippen LogP) is 6.55. The van der Waals surface area contributed by atoms with Gasteiger partial charge in [-0.05, 0) is 87.0 Å². The van der Waals surface area contributed by atoms with E-state index in [2.05, 4.69) is 30.1 Å². The highest BCUT2D eigenvalue weighted by Crippen LogP contribution is 2.48. The van der Waals surface area contributed by atoms with Crippen LogP contribution in [0.5, 0.6) is 5.75 Å². The summed E-state index contributed by atoms with van der Waals surface area (Å²) in [5.74, 6) is 0.592. The fraction of sp³-hybridized carbons (Fsp3) is 0.639. The quantitative estimate of drug-likeness (QED) is 0.363. The monoisotopic (exact) mass is 674 g/mol. The van der Waals surface area contributed by atoms with Gasteiger partial charge in [0.1, 0.15) is 5.75 Å². The van der Waals surface area contributed by atoms with E-state index in [1.807, 2.05) is 31.2 Å². The fourth-order valence-electron chi connectivity index (χ4n) is 7.75. The van der Waals surface area contributed by atoms with Crippen LogP contribution < -0.4 is 9.64 Å². The van der Waals surface area contributed by atoms with Gasteiger partial charge in [0.15, 0.2) is 0 Å². The van der Waals surface area contributed by atoms with E-state index in [9.17, 15) is 18.3 Å². The molecule has 4 aliphatic rings. The van der Waals surface area contributed by atoms with Crippen molar-refractivity contribution in [3.8, 4) is 5.75 Å². The van der Waals surface area contributed by atoms with Crippen LogP contribution in [0.3, 0.4) is 0 Å². The highest BCUT2D eigenvalue weighted by Gasteiger charge is 2.47. The molecule has 1 aromatic carbocycles. The molecule has 1 aromatic rings. The van der Waals surface area contributed by atoms with Gasteiger partial charge in [0, 0.05) is 56.3 Å². The van der Waals surface area contributed by atoms with Crippen molar-refractivity contribution in [3.63, 3.8) is 0 Å². The van der Waals surface area contributed by atoms with Gasteiger partial charge in [-0.2, -0.15) is 0 Å². The minimum Gasteiger partial charge on any atom is -0.490 e. The van der Waals surface area contributed by atoms with Gasteiger partial charge >= 0.3 is 0 Å². The average molecular weight is 675 g/mol. The molecule has 0 radical (unpaired) electrons. The summed E-state index contributed by atoms with van der Waals surface area (Å²) in [5, 5.41) is 10.1. The third-order valence-corrected chi connectivity index (χ3v) is 13.9. The number of rotatable bonds is 3. The lowest BCUT2D eigenvalue weighted by atomic mass is 9.63. The van der Waals surface area contributed by atoms with Crippen LogP contribution in [0, 0.1) is 29.1 Å². The second kappa shape index (κ2) is 14.0. The lowest BCUT2D eigenvalue weighted by Gasteiger charge is -2.50. The topological polar surface area (TPSA) is 96.4 Å². The van der Waals surface area contributed by atoms with E-state index < -0.39 is 26.8 Å². The SMILES string of the molecule is CO[C@]1(CCO)/C=C/C[C@H](C)[C@@H](C)S(=O)(=O)N(C)C(=O)c2ccc3c(c2)N(CCCCC2C=C(Cl)C=CC2(C)CO3)C[C@@H]2CC[C@H]21. The molecule has 2 unspecified atom stereocenters. The van der Waals surface area contributed by atoms with Crippen LogP contribution >= 0.6 is 11.6 Å². The van der Waals surface area contributed by atoms with Crippen molar-refractivity contribution in [1.82, 2.24) is 4.31 Å².